The standard InChI is InChI=1S/C18H28ClN3OS2/c1-16(2,3)22-9-7-18(8-10-22)11-12-13(24-15(19)20-12)14(18)21-25(23)17(4,5)6/h7-11H2,1-6H3. The van der Waals surface area contributed by atoms with Crippen LogP contribution in [0.2, 0.25) is 4.47 Å². The van der Waals surface area contributed by atoms with Crippen LogP contribution in [0.1, 0.15) is 65.0 Å². The molecule has 1 aromatic rings. The van der Waals surface area contributed by atoms with Gasteiger partial charge in [0, 0.05) is 17.4 Å². The molecule has 1 atom stereocenters. The third kappa shape index (κ3) is 3.79. The molecule has 1 aliphatic heterocycles. The highest BCUT2D eigenvalue weighted by atomic mass is 35.5. The second kappa shape index (κ2) is 6.48. The predicted octanol–water partition coefficient (Wildman–Crippen LogP) is 4.48. The lowest BCUT2D eigenvalue weighted by molar-refractivity contribution is 0.0719. The quantitative estimate of drug-likeness (QED) is 0.651. The molecule has 0 amide bonds. The molecule has 0 saturated carbocycles. The number of aromatic nitrogens is 1. The molecule has 140 valence electrons. The molecule has 1 aromatic heterocycles. The summed E-state index contributed by atoms with van der Waals surface area (Å²) in [5.74, 6) is 0. The van der Waals surface area contributed by atoms with Gasteiger partial charge in [0.05, 0.1) is 10.6 Å². The SMILES string of the molecule is CC(C)(C)N1CCC2(CC1)Cc1nc(Cl)sc1C2=N[S+]([O-])C(C)(C)C. The molecule has 1 spiro atoms. The number of thiazole rings is 1. The Morgan fingerprint density at radius 1 is 1.20 bits per heavy atom. The van der Waals surface area contributed by atoms with E-state index >= 15 is 0 Å². The minimum atomic E-state index is -1.27. The van der Waals surface area contributed by atoms with E-state index in [0.717, 1.165) is 48.6 Å². The van der Waals surface area contributed by atoms with Gasteiger partial charge in [0.25, 0.3) is 0 Å². The Morgan fingerprint density at radius 2 is 1.80 bits per heavy atom. The Labute approximate surface area is 163 Å². The average molecular weight is 402 g/mol. The van der Waals surface area contributed by atoms with E-state index in [1.807, 2.05) is 20.8 Å². The van der Waals surface area contributed by atoms with E-state index in [1.165, 1.54) is 11.3 Å². The minimum absolute atomic E-state index is 0.0264. The Hall–Kier alpha value is -0.140. The van der Waals surface area contributed by atoms with Gasteiger partial charge in [0.1, 0.15) is 21.8 Å². The smallest absolute Gasteiger partial charge is 0.184 e. The number of hydrogen-bond acceptors (Lipinski definition) is 5. The highest BCUT2D eigenvalue weighted by Gasteiger charge is 2.50. The lowest BCUT2D eigenvalue weighted by atomic mass is 9.74. The molecule has 0 radical (unpaired) electrons. The fraction of sp³-hybridized carbons (Fsp3) is 0.778. The summed E-state index contributed by atoms with van der Waals surface area (Å²) in [6.45, 7) is 14.8. The number of likely N-dealkylation sites (tertiary alicyclic amines) is 1. The van der Waals surface area contributed by atoms with E-state index in [1.54, 1.807) is 0 Å². The topological polar surface area (TPSA) is 51.5 Å². The first-order valence-corrected chi connectivity index (χ1v) is 11.1. The van der Waals surface area contributed by atoms with Gasteiger partial charge >= 0.3 is 0 Å². The lowest BCUT2D eigenvalue weighted by Crippen LogP contribution is -2.50. The third-order valence-corrected chi connectivity index (χ3v) is 7.87. The third-order valence-electron chi connectivity index (χ3n) is 5.26. The zero-order valence-electron chi connectivity index (χ0n) is 16.0. The van der Waals surface area contributed by atoms with Gasteiger partial charge < -0.3 is 4.55 Å². The van der Waals surface area contributed by atoms with Crippen molar-refractivity contribution in [2.45, 2.75) is 71.1 Å². The summed E-state index contributed by atoms with van der Waals surface area (Å²) in [6.07, 6.45) is 2.94. The van der Waals surface area contributed by atoms with Crippen molar-refractivity contribution in [2.24, 2.45) is 9.81 Å². The first-order chi connectivity index (χ1) is 11.4. The van der Waals surface area contributed by atoms with Gasteiger partial charge in [0.15, 0.2) is 4.47 Å². The summed E-state index contributed by atoms with van der Waals surface area (Å²) in [5.41, 5.74) is 2.19. The second-order valence-electron chi connectivity index (χ2n) is 9.16. The Bertz CT molecular complexity index is 679. The number of rotatable bonds is 1. The summed E-state index contributed by atoms with van der Waals surface area (Å²) < 4.78 is 17.7. The normalized spacial score (nSPS) is 24.1. The van der Waals surface area contributed by atoms with Crippen LogP contribution in [0.4, 0.5) is 0 Å². The molecular weight excluding hydrogens is 374 g/mol. The van der Waals surface area contributed by atoms with Crippen molar-refractivity contribution in [1.29, 1.82) is 0 Å². The first-order valence-electron chi connectivity index (χ1n) is 8.84. The molecule has 3 rings (SSSR count). The molecule has 25 heavy (non-hydrogen) atoms. The number of fused-ring (bicyclic) bond motifs is 1. The van der Waals surface area contributed by atoms with Gasteiger partial charge in [-0.05, 0) is 67.5 Å². The van der Waals surface area contributed by atoms with Crippen LogP contribution in [-0.2, 0) is 17.8 Å². The van der Waals surface area contributed by atoms with Crippen molar-refractivity contribution >= 4 is 40.0 Å². The number of halogens is 1. The molecule has 7 heteroatoms. The fourth-order valence-electron chi connectivity index (χ4n) is 3.65. The Morgan fingerprint density at radius 3 is 2.32 bits per heavy atom. The summed E-state index contributed by atoms with van der Waals surface area (Å²) in [7, 11) is 0. The molecule has 1 unspecified atom stereocenters. The van der Waals surface area contributed by atoms with Crippen molar-refractivity contribution < 1.29 is 4.55 Å². The van der Waals surface area contributed by atoms with Crippen molar-refractivity contribution in [1.82, 2.24) is 9.88 Å². The zero-order chi connectivity index (χ0) is 18.6. The van der Waals surface area contributed by atoms with Crippen molar-refractivity contribution in [3.05, 3.63) is 15.0 Å². The van der Waals surface area contributed by atoms with Crippen molar-refractivity contribution in [2.75, 3.05) is 13.1 Å². The zero-order valence-corrected chi connectivity index (χ0v) is 18.4. The van der Waals surface area contributed by atoms with E-state index in [0.29, 0.717) is 4.47 Å². The van der Waals surface area contributed by atoms with Crippen LogP contribution in [0, 0.1) is 5.41 Å². The monoisotopic (exact) mass is 401 g/mol. The predicted molar refractivity (Wildman–Crippen MR) is 108 cm³/mol. The maximum atomic E-state index is 12.8. The van der Waals surface area contributed by atoms with Crippen LogP contribution in [-0.4, -0.2) is 43.5 Å². The maximum Gasteiger partial charge on any atom is 0.184 e. The van der Waals surface area contributed by atoms with Crippen LogP contribution < -0.4 is 0 Å². The van der Waals surface area contributed by atoms with Gasteiger partial charge in [-0.3, -0.25) is 4.90 Å². The largest absolute Gasteiger partial charge is 0.591 e. The van der Waals surface area contributed by atoms with Crippen molar-refractivity contribution in [3.8, 4) is 0 Å². The Balaban J connectivity index is 1.94. The lowest BCUT2D eigenvalue weighted by Gasteiger charge is -2.45. The summed E-state index contributed by atoms with van der Waals surface area (Å²) in [6, 6.07) is 0. The van der Waals surface area contributed by atoms with Gasteiger partial charge in [-0.15, -0.1) is 11.3 Å². The molecule has 0 bridgehead atoms. The van der Waals surface area contributed by atoms with E-state index in [9.17, 15) is 4.55 Å². The van der Waals surface area contributed by atoms with Gasteiger partial charge in [-0.2, -0.15) is 0 Å². The molecule has 0 aromatic carbocycles. The fourth-order valence-corrected chi connectivity index (χ4v) is 5.68. The Kier molecular flexibility index (Phi) is 5.09. The highest BCUT2D eigenvalue weighted by Crippen LogP contribution is 2.48. The molecule has 1 saturated heterocycles. The summed E-state index contributed by atoms with van der Waals surface area (Å²) >= 11 is 6.37. The maximum absolute atomic E-state index is 12.8. The van der Waals surface area contributed by atoms with E-state index in [2.05, 4.69) is 30.7 Å². The second-order valence-corrected chi connectivity index (χ2v) is 12.6. The molecular formula is C18H28ClN3OS2. The van der Waals surface area contributed by atoms with E-state index < -0.39 is 11.4 Å². The summed E-state index contributed by atoms with van der Waals surface area (Å²) in [5, 5.41) is 0. The minimum Gasteiger partial charge on any atom is -0.591 e. The van der Waals surface area contributed by atoms with E-state index in [-0.39, 0.29) is 15.7 Å². The van der Waals surface area contributed by atoms with Gasteiger partial charge in [-0.25, -0.2) is 4.98 Å². The number of nitrogens with zero attached hydrogens (tertiary/aromatic N) is 3. The summed E-state index contributed by atoms with van der Waals surface area (Å²) in [4.78, 5) is 8.11. The van der Waals surface area contributed by atoms with Crippen LogP contribution in [0.15, 0.2) is 4.40 Å². The van der Waals surface area contributed by atoms with Gasteiger partial charge in [-0.1, -0.05) is 16.0 Å². The molecule has 0 N–H and O–H groups in total. The molecule has 1 aliphatic carbocycles. The first kappa shape index (κ1) is 19.6. The number of hydrogen-bond donors (Lipinski definition) is 0. The molecule has 4 nitrogen and oxygen atoms in total. The van der Waals surface area contributed by atoms with Crippen LogP contribution in [0.5, 0.6) is 0 Å². The average Bonchev–Trinajstić information content (AvgIpc) is 2.93. The van der Waals surface area contributed by atoms with Crippen LogP contribution in [0.25, 0.3) is 0 Å². The highest BCUT2D eigenvalue weighted by molar-refractivity contribution is 7.91. The van der Waals surface area contributed by atoms with E-state index in [4.69, 9.17) is 16.0 Å². The molecule has 1 fully saturated rings. The van der Waals surface area contributed by atoms with Crippen LogP contribution >= 0.6 is 22.9 Å². The van der Waals surface area contributed by atoms with Crippen molar-refractivity contribution in [3.63, 3.8) is 0 Å². The van der Waals surface area contributed by atoms with Crippen LogP contribution in [0.3, 0.4) is 0 Å². The number of piperidine rings is 1. The molecule has 2 heterocycles. The molecule has 2 aliphatic rings. The van der Waals surface area contributed by atoms with Gasteiger partial charge in [0.2, 0.25) is 0 Å².